The predicted molar refractivity (Wildman–Crippen MR) is 101 cm³/mol. The summed E-state index contributed by atoms with van der Waals surface area (Å²) < 4.78 is 0. The molecule has 3 fully saturated rings. The number of nitrogens with zero attached hydrogens (tertiary/aromatic N) is 3. The van der Waals surface area contributed by atoms with Gasteiger partial charge in [0.05, 0.1) is 0 Å². The van der Waals surface area contributed by atoms with Gasteiger partial charge in [0.2, 0.25) is 5.91 Å². The molecule has 1 unspecified atom stereocenters. The summed E-state index contributed by atoms with van der Waals surface area (Å²) in [5, 5.41) is 0. The largest absolute Gasteiger partial charge is 0.371 e. The predicted octanol–water partition coefficient (Wildman–Crippen LogP) is 3.85. The SMILES string of the molecule is Cc1cc(N2CCCC3(CCC(=O)N(C4CCCC4)C3)C2)cc(C)n1. The topological polar surface area (TPSA) is 36.4 Å². The van der Waals surface area contributed by atoms with Crippen LogP contribution in [0.1, 0.15) is 62.8 Å². The number of pyridine rings is 1. The van der Waals surface area contributed by atoms with Crippen LogP contribution in [-0.4, -0.2) is 41.5 Å². The number of likely N-dealkylation sites (tertiary alicyclic amines) is 1. The molecule has 3 aliphatic rings. The molecular weight excluding hydrogens is 310 g/mol. The Hall–Kier alpha value is -1.58. The Morgan fingerprint density at radius 3 is 2.48 bits per heavy atom. The van der Waals surface area contributed by atoms with Crippen LogP contribution in [0, 0.1) is 19.3 Å². The van der Waals surface area contributed by atoms with Gasteiger partial charge in [-0.3, -0.25) is 9.78 Å². The molecule has 1 aromatic rings. The summed E-state index contributed by atoms with van der Waals surface area (Å²) in [7, 11) is 0. The van der Waals surface area contributed by atoms with Crippen molar-refractivity contribution in [1.82, 2.24) is 9.88 Å². The van der Waals surface area contributed by atoms with Crippen LogP contribution in [0.3, 0.4) is 0 Å². The smallest absolute Gasteiger partial charge is 0.222 e. The summed E-state index contributed by atoms with van der Waals surface area (Å²) in [4.78, 5) is 21.9. The van der Waals surface area contributed by atoms with Gasteiger partial charge in [0.15, 0.2) is 0 Å². The number of carbonyl (C=O) groups is 1. The Morgan fingerprint density at radius 2 is 1.76 bits per heavy atom. The summed E-state index contributed by atoms with van der Waals surface area (Å²) in [6, 6.07) is 4.95. The van der Waals surface area contributed by atoms with Crippen molar-refractivity contribution in [3.8, 4) is 0 Å². The lowest BCUT2D eigenvalue weighted by Gasteiger charge is -2.50. The summed E-state index contributed by atoms with van der Waals surface area (Å²) in [6.07, 6.45) is 9.33. The minimum Gasteiger partial charge on any atom is -0.371 e. The van der Waals surface area contributed by atoms with Crippen molar-refractivity contribution in [3.63, 3.8) is 0 Å². The van der Waals surface area contributed by atoms with Crippen LogP contribution in [0.25, 0.3) is 0 Å². The number of carbonyl (C=O) groups excluding carboxylic acids is 1. The molecule has 136 valence electrons. The zero-order valence-electron chi connectivity index (χ0n) is 15.8. The minimum atomic E-state index is 0.291. The number of hydrogen-bond acceptors (Lipinski definition) is 3. The molecule has 2 aliphatic heterocycles. The van der Waals surface area contributed by atoms with Gasteiger partial charge < -0.3 is 9.80 Å². The van der Waals surface area contributed by atoms with E-state index in [1.165, 1.54) is 44.2 Å². The first-order valence-electron chi connectivity index (χ1n) is 10.0. The van der Waals surface area contributed by atoms with Crippen LogP contribution in [0.15, 0.2) is 12.1 Å². The van der Waals surface area contributed by atoms with E-state index in [1.807, 2.05) is 0 Å². The fraction of sp³-hybridized carbons (Fsp3) is 0.714. The van der Waals surface area contributed by atoms with Crippen LogP contribution in [0.2, 0.25) is 0 Å². The van der Waals surface area contributed by atoms with Gasteiger partial charge in [-0.15, -0.1) is 0 Å². The molecule has 1 aliphatic carbocycles. The molecule has 4 rings (SSSR count). The molecule has 0 N–H and O–H groups in total. The Labute approximate surface area is 151 Å². The van der Waals surface area contributed by atoms with Gasteiger partial charge in [-0.1, -0.05) is 12.8 Å². The lowest BCUT2D eigenvalue weighted by Crippen LogP contribution is -2.56. The van der Waals surface area contributed by atoms with Crippen LogP contribution in [0.5, 0.6) is 0 Å². The molecule has 1 amide bonds. The Bertz CT molecular complexity index is 632. The van der Waals surface area contributed by atoms with Crippen molar-refractivity contribution in [1.29, 1.82) is 0 Å². The fourth-order valence-electron chi connectivity index (χ4n) is 5.35. The van der Waals surface area contributed by atoms with E-state index in [4.69, 9.17) is 0 Å². The summed E-state index contributed by atoms with van der Waals surface area (Å²) in [5.74, 6) is 0.408. The normalized spacial score (nSPS) is 28.2. The third kappa shape index (κ3) is 3.40. The Morgan fingerprint density at radius 1 is 1.04 bits per heavy atom. The third-order valence-electron chi connectivity index (χ3n) is 6.55. The van der Waals surface area contributed by atoms with Crippen LogP contribution in [0.4, 0.5) is 5.69 Å². The van der Waals surface area contributed by atoms with Crippen LogP contribution >= 0.6 is 0 Å². The molecule has 4 nitrogen and oxygen atoms in total. The monoisotopic (exact) mass is 341 g/mol. The standard InChI is InChI=1S/C21H31N3O/c1-16-12-19(13-17(2)22-16)23-11-5-9-21(14-23)10-8-20(25)24(15-21)18-6-3-4-7-18/h12-13,18H,3-11,14-15H2,1-2H3. The molecule has 0 radical (unpaired) electrons. The van der Waals surface area contributed by atoms with Crippen molar-refractivity contribution >= 4 is 11.6 Å². The first kappa shape index (κ1) is 16.9. The van der Waals surface area contributed by atoms with E-state index < -0.39 is 0 Å². The molecule has 1 saturated carbocycles. The highest BCUT2D eigenvalue weighted by Gasteiger charge is 2.43. The van der Waals surface area contributed by atoms with Gasteiger partial charge in [0, 0.05) is 54.6 Å². The first-order valence-corrected chi connectivity index (χ1v) is 10.0. The average molecular weight is 341 g/mol. The van der Waals surface area contributed by atoms with Crippen molar-refractivity contribution < 1.29 is 4.79 Å². The highest BCUT2D eigenvalue weighted by Crippen LogP contribution is 2.42. The van der Waals surface area contributed by atoms with E-state index in [9.17, 15) is 4.79 Å². The minimum absolute atomic E-state index is 0.291. The number of rotatable bonds is 2. The maximum absolute atomic E-state index is 12.6. The molecule has 0 aromatic carbocycles. The van der Waals surface area contributed by atoms with Gasteiger partial charge in [-0.2, -0.15) is 0 Å². The molecule has 1 aromatic heterocycles. The lowest BCUT2D eigenvalue weighted by atomic mass is 9.73. The second-order valence-electron chi connectivity index (χ2n) is 8.59. The molecule has 0 bridgehead atoms. The van der Waals surface area contributed by atoms with Gasteiger partial charge >= 0.3 is 0 Å². The molecule has 2 saturated heterocycles. The molecule has 25 heavy (non-hydrogen) atoms. The number of aryl methyl sites for hydroxylation is 2. The zero-order chi connectivity index (χ0) is 17.4. The number of amides is 1. The second kappa shape index (κ2) is 6.62. The first-order chi connectivity index (χ1) is 12.0. The zero-order valence-corrected chi connectivity index (χ0v) is 15.8. The van der Waals surface area contributed by atoms with E-state index in [-0.39, 0.29) is 0 Å². The highest BCUT2D eigenvalue weighted by atomic mass is 16.2. The van der Waals surface area contributed by atoms with Crippen molar-refractivity contribution in [2.24, 2.45) is 5.41 Å². The lowest BCUT2D eigenvalue weighted by molar-refractivity contribution is -0.140. The highest BCUT2D eigenvalue weighted by molar-refractivity contribution is 5.77. The van der Waals surface area contributed by atoms with Gasteiger partial charge in [-0.25, -0.2) is 0 Å². The molecule has 4 heteroatoms. The maximum Gasteiger partial charge on any atom is 0.222 e. The molecular formula is C21H31N3O. The summed E-state index contributed by atoms with van der Waals surface area (Å²) in [5.41, 5.74) is 3.80. The quantitative estimate of drug-likeness (QED) is 0.820. The maximum atomic E-state index is 12.6. The fourth-order valence-corrected chi connectivity index (χ4v) is 5.35. The molecule has 1 spiro atoms. The average Bonchev–Trinajstić information content (AvgIpc) is 3.11. The summed E-state index contributed by atoms with van der Waals surface area (Å²) >= 11 is 0. The third-order valence-corrected chi connectivity index (χ3v) is 6.55. The van der Waals surface area contributed by atoms with E-state index in [0.717, 1.165) is 43.9 Å². The van der Waals surface area contributed by atoms with E-state index >= 15 is 0 Å². The second-order valence-corrected chi connectivity index (χ2v) is 8.59. The van der Waals surface area contributed by atoms with Crippen LogP contribution in [-0.2, 0) is 4.79 Å². The number of hydrogen-bond donors (Lipinski definition) is 0. The molecule has 3 heterocycles. The Balaban J connectivity index is 1.53. The van der Waals surface area contributed by atoms with Gasteiger partial charge in [0.1, 0.15) is 0 Å². The molecule has 1 atom stereocenters. The van der Waals surface area contributed by atoms with Crippen molar-refractivity contribution in [3.05, 3.63) is 23.5 Å². The summed E-state index contributed by atoms with van der Waals surface area (Å²) in [6.45, 7) is 7.36. The van der Waals surface area contributed by atoms with Crippen molar-refractivity contribution in [2.75, 3.05) is 24.5 Å². The number of aromatic nitrogens is 1. The van der Waals surface area contributed by atoms with Crippen LogP contribution < -0.4 is 4.90 Å². The van der Waals surface area contributed by atoms with Gasteiger partial charge in [0.25, 0.3) is 0 Å². The van der Waals surface area contributed by atoms with E-state index in [2.05, 4.69) is 40.8 Å². The number of anilines is 1. The Kier molecular flexibility index (Phi) is 4.47. The van der Waals surface area contributed by atoms with E-state index in [1.54, 1.807) is 0 Å². The number of piperidine rings is 2. The van der Waals surface area contributed by atoms with Crippen molar-refractivity contribution in [2.45, 2.75) is 71.3 Å². The van der Waals surface area contributed by atoms with Gasteiger partial charge in [-0.05, 0) is 58.1 Å². The van der Waals surface area contributed by atoms with E-state index in [0.29, 0.717) is 17.4 Å².